The minimum Gasteiger partial charge on any atom is -0.352 e. The molecule has 2 aromatic rings. The number of thiophene rings is 1. The molecular formula is C12H15N3OS. The number of carbonyl (C=O) groups is 1. The number of nitrogens with one attached hydrogen (secondary N) is 1. The minimum absolute atomic E-state index is 0.0100. The van der Waals surface area contributed by atoms with Crippen LogP contribution in [0.5, 0.6) is 0 Å². The molecule has 0 saturated carbocycles. The van der Waals surface area contributed by atoms with Crippen LogP contribution in [0.1, 0.15) is 13.8 Å². The normalized spacial score (nSPS) is 10.8. The minimum atomic E-state index is 0.0100. The predicted octanol–water partition coefficient (Wildman–Crippen LogP) is 2.14. The highest BCUT2D eigenvalue weighted by atomic mass is 32.1. The van der Waals surface area contributed by atoms with E-state index in [1.54, 1.807) is 17.5 Å². The molecule has 1 amide bonds. The standard InChI is InChI=1S/C12H15N3OS/c1-9(2)14-11(16)8-15-6-5-13-12(15)10-4-3-7-17-10/h3-7,9H,8H2,1-2H3,(H,14,16). The Kier molecular flexibility index (Phi) is 3.58. The molecular weight excluding hydrogens is 234 g/mol. The van der Waals surface area contributed by atoms with Crippen LogP contribution in [0.25, 0.3) is 10.7 Å². The SMILES string of the molecule is CC(C)NC(=O)Cn1ccnc1-c1cccs1. The Bertz CT molecular complexity index is 488. The maximum atomic E-state index is 11.7. The molecule has 0 aromatic carbocycles. The van der Waals surface area contributed by atoms with E-state index in [2.05, 4.69) is 10.3 Å². The lowest BCUT2D eigenvalue weighted by atomic mass is 10.4. The van der Waals surface area contributed by atoms with Gasteiger partial charge in [-0.3, -0.25) is 4.79 Å². The molecule has 1 N–H and O–H groups in total. The Balaban J connectivity index is 2.12. The highest BCUT2D eigenvalue weighted by molar-refractivity contribution is 7.13. The smallest absolute Gasteiger partial charge is 0.240 e. The average Bonchev–Trinajstić information content (AvgIpc) is 2.84. The molecule has 0 bridgehead atoms. The van der Waals surface area contributed by atoms with E-state index in [-0.39, 0.29) is 11.9 Å². The van der Waals surface area contributed by atoms with Gasteiger partial charge < -0.3 is 9.88 Å². The van der Waals surface area contributed by atoms with E-state index >= 15 is 0 Å². The third kappa shape index (κ3) is 2.94. The molecule has 2 rings (SSSR count). The first-order chi connectivity index (χ1) is 8.16. The largest absolute Gasteiger partial charge is 0.352 e. The van der Waals surface area contributed by atoms with Crippen molar-refractivity contribution in [3.8, 4) is 10.7 Å². The van der Waals surface area contributed by atoms with Gasteiger partial charge in [-0.2, -0.15) is 0 Å². The summed E-state index contributed by atoms with van der Waals surface area (Å²) in [7, 11) is 0. The fraction of sp³-hybridized carbons (Fsp3) is 0.333. The van der Waals surface area contributed by atoms with Gasteiger partial charge in [0, 0.05) is 18.4 Å². The van der Waals surface area contributed by atoms with Crippen molar-refractivity contribution in [3.63, 3.8) is 0 Å². The summed E-state index contributed by atoms with van der Waals surface area (Å²) in [6.07, 6.45) is 3.55. The van der Waals surface area contributed by atoms with E-state index in [4.69, 9.17) is 0 Å². The number of carbonyl (C=O) groups excluding carboxylic acids is 1. The Morgan fingerprint density at radius 3 is 3.06 bits per heavy atom. The van der Waals surface area contributed by atoms with Crippen molar-refractivity contribution in [2.24, 2.45) is 0 Å². The number of hydrogen-bond donors (Lipinski definition) is 1. The van der Waals surface area contributed by atoms with Crippen LogP contribution in [0.15, 0.2) is 29.9 Å². The van der Waals surface area contributed by atoms with Crippen molar-refractivity contribution in [3.05, 3.63) is 29.9 Å². The molecule has 0 unspecified atom stereocenters. The zero-order chi connectivity index (χ0) is 12.3. The van der Waals surface area contributed by atoms with Gasteiger partial charge in [0.2, 0.25) is 5.91 Å². The van der Waals surface area contributed by atoms with Gasteiger partial charge in [-0.25, -0.2) is 4.98 Å². The van der Waals surface area contributed by atoms with Crippen molar-refractivity contribution in [1.29, 1.82) is 0 Å². The van der Waals surface area contributed by atoms with Crippen molar-refractivity contribution < 1.29 is 4.79 Å². The molecule has 0 aliphatic carbocycles. The van der Waals surface area contributed by atoms with E-state index in [1.165, 1.54) is 0 Å². The highest BCUT2D eigenvalue weighted by Gasteiger charge is 2.10. The van der Waals surface area contributed by atoms with Crippen LogP contribution in [-0.4, -0.2) is 21.5 Å². The van der Waals surface area contributed by atoms with Gasteiger partial charge in [-0.1, -0.05) is 6.07 Å². The van der Waals surface area contributed by atoms with Gasteiger partial charge >= 0.3 is 0 Å². The van der Waals surface area contributed by atoms with Gasteiger partial charge in [0.25, 0.3) is 0 Å². The zero-order valence-electron chi connectivity index (χ0n) is 9.88. The molecule has 0 aliphatic heterocycles. The predicted molar refractivity (Wildman–Crippen MR) is 68.8 cm³/mol. The molecule has 4 nitrogen and oxygen atoms in total. The van der Waals surface area contributed by atoms with E-state index in [0.29, 0.717) is 6.54 Å². The topological polar surface area (TPSA) is 46.9 Å². The van der Waals surface area contributed by atoms with Crippen LogP contribution in [-0.2, 0) is 11.3 Å². The van der Waals surface area contributed by atoms with Gasteiger partial charge in [0.05, 0.1) is 4.88 Å². The zero-order valence-corrected chi connectivity index (χ0v) is 10.7. The molecule has 0 spiro atoms. The lowest BCUT2D eigenvalue weighted by Gasteiger charge is -2.10. The summed E-state index contributed by atoms with van der Waals surface area (Å²) in [4.78, 5) is 17.0. The lowest BCUT2D eigenvalue weighted by Crippen LogP contribution is -2.33. The Labute approximate surface area is 104 Å². The Morgan fingerprint density at radius 2 is 2.41 bits per heavy atom. The maximum Gasteiger partial charge on any atom is 0.240 e. The summed E-state index contributed by atoms with van der Waals surface area (Å²) < 4.78 is 1.86. The third-order valence-corrected chi connectivity index (χ3v) is 3.09. The van der Waals surface area contributed by atoms with Gasteiger partial charge in [0.15, 0.2) is 0 Å². The molecule has 0 radical (unpaired) electrons. The molecule has 90 valence electrons. The highest BCUT2D eigenvalue weighted by Crippen LogP contribution is 2.22. The molecule has 2 aromatic heterocycles. The fourth-order valence-corrected chi connectivity index (χ4v) is 2.33. The summed E-state index contributed by atoms with van der Waals surface area (Å²) in [5.74, 6) is 0.856. The molecule has 2 heterocycles. The summed E-state index contributed by atoms with van der Waals surface area (Å²) in [6.45, 7) is 4.21. The van der Waals surface area contributed by atoms with Crippen LogP contribution in [0.3, 0.4) is 0 Å². The second-order valence-electron chi connectivity index (χ2n) is 4.08. The van der Waals surface area contributed by atoms with Crippen LogP contribution in [0.2, 0.25) is 0 Å². The third-order valence-electron chi connectivity index (χ3n) is 2.22. The summed E-state index contributed by atoms with van der Waals surface area (Å²) in [5.41, 5.74) is 0. The first kappa shape index (κ1) is 11.9. The molecule has 0 fully saturated rings. The van der Waals surface area contributed by atoms with Crippen LogP contribution in [0.4, 0.5) is 0 Å². The lowest BCUT2D eigenvalue weighted by molar-refractivity contribution is -0.122. The van der Waals surface area contributed by atoms with Crippen LogP contribution >= 0.6 is 11.3 Å². The number of aromatic nitrogens is 2. The summed E-state index contributed by atoms with van der Waals surface area (Å²) in [6, 6.07) is 4.15. The first-order valence-electron chi connectivity index (χ1n) is 5.51. The van der Waals surface area contributed by atoms with Crippen LogP contribution < -0.4 is 5.32 Å². The Hall–Kier alpha value is -1.62. The first-order valence-corrected chi connectivity index (χ1v) is 6.39. The van der Waals surface area contributed by atoms with E-state index in [0.717, 1.165) is 10.7 Å². The Morgan fingerprint density at radius 1 is 1.59 bits per heavy atom. The van der Waals surface area contributed by atoms with E-state index in [1.807, 2.05) is 42.1 Å². The molecule has 0 saturated heterocycles. The fourth-order valence-electron chi connectivity index (χ4n) is 1.59. The van der Waals surface area contributed by atoms with Crippen molar-refractivity contribution >= 4 is 17.2 Å². The molecule has 0 atom stereocenters. The van der Waals surface area contributed by atoms with Gasteiger partial charge in [-0.15, -0.1) is 11.3 Å². The van der Waals surface area contributed by atoms with Crippen molar-refractivity contribution in [2.45, 2.75) is 26.4 Å². The maximum absolute atomic E-state index is 11.7. The number of imidazole rings is 1. The monoisotopic (exact) mass is 249 g/mol. The van der Waals surface area contributed by atoms with Crippen molar-refractivity contribution in [2.75, 3.05) is 0 Å². The molecule has 5 heteroatoms. The van der Waals surface area contributed by atoms with Crippen LogP contribution in [0, 0.1) is 0 Å². The number of nitrogens with zero attached hydrogens (tertiary/aromatic N) is 2. The quantitative estimate of drug-likeness (QED) is 0.902. The second-order valence-corrected chi connectivity index (χ2v) is 5.03. The van der Waals surface area contributed by atoms with Gasteiger partial charge in [-0.05, 0) is 25.3 Å². The van der Waals surface area contributed by atoms with E-state index < -0.39 is 0 Å². The molecule has 0 aliphatic rings. The molecule has 17 heavy (non-hydrogen) atoms. The number of rotatable bonds is 4. The summed E-state index contributed by atoms with van der Waals surface area (Å²) in [5, 5.41) is 4.87. The van der Waals surface area contributed by atoms with E-state index in [9.17, 15) is 4.79 Å². The summed E-state index contributed by atoms with van der Waals surface area (Å²) >= 11 is 1.62. The second kappa shape index (κ2) is 5.14. The average molecular weight is 249 g/mol. The van der Waals surface area contributed by atoms with Crippen molar-refractivity contribution in [1.82, 2.24) is 14.9 Å². The van der Waals surface area contributed by atoms with Gasteiger partial charge in [0.1, 0.15) is 12.4 Å². The number of hydrogen-bond acceptors (Lipinski definition) is 3. The number of amides is 1.